The zero-order valence-electron chi connectivity index (χ0n) is 20.7. The highest BCUT2D eigenvalue weighted by molar-refractivity contribution is 5.90. The van der Waals surface area contributed by atoms with Crippen LogP contribution in [0.2, 0.25) is 0 Å². The highest BCUT2D eigenvalue weighted by atomic mass is 16.6. The molecule has 0 saturated carbocycles. The number of aliphatic hydroxyl groups is 1. The van der Waals surface area contributed by atoms with E-state index < -0.39 is 36.5 Å². The maximum atomic E-state index is 12.9. The smallest absolute Gasteiger partial charge is 0.338 e. The third-order valence-electron chi connectivity index (χ3n) is 6.45. The molecule has 37 heavy (non-hydrogen) atoms. The Morgan fingerprint density at radius 2 is 1.54 bits per heavy atom. The van der Waals surface area contributed by atoms with Crippen LogP contribution < -0.4 is 0 Å². The van der Waals surface area contributed by atoms with Crippen LogP contribution in [0.25, 0.3) is 11.0 Å². The topological polar surface area (TPSA) is 113 Å². The van der Waals surface area contributed by atoms with Gasteiger partial charge in [0.1, 0.15) is 24.3 Å². The van der Waals surface area contributed by atoms with E-state index in [2.05, 4.69) is 10.3 Å². The van der Waals surface area contributed by atoms with Crippen LogP contribution in [0.4, 0.5) is 0 Å². The Hall–Kier alpha value is -4.08. The molecule has 3 aromatic carbocycles. The molecule has 0 unspecified atom stereocenters. The van der Waals surface area contributed by atoms with Crippen molar-refractivity contribution in [1.82, 2.24) is 15.0 Å². The highest BCUT2D eigenvalue weighted by Crippen LogP contribution is 2.34. The third-order valence-corrected chi connectivity index (χ3v) is 6.45. The van der Waals surface area contributed by atoms with E-state index in [1.165, 1.54) is 4.68 Å². The lowest BCUT2D eigenvalue weighted by atomic mass is 10.1. The predicted octanol–water partition coefficient (Wildman–Crippen LogP) is 3.70. The molecule has 1 saturated heterocycles. The monoisotopic (exact) mass is 501 g/mol. The molecular weight excluding hydrogens is 474 g/mol. The summed E-state index contributed by atoms with van der Waals surface area (Å²) in [5.41, 5.74) is 4.97. The molecule has 1 aliphatic heterocycles. The van der Waals surface area contributed by atoms with Gasteiger partial charge in [0.2, 0.25) is 0 Å². The lowest BCUT2D eigenvalue weighted by Crippen LogP contribution is -2.39. The molecule has 1 aromatic heterocycles. The molecule has 9 nitrogen and oxygen atoms in total. The molecule has 4 aromatic rings. The fourth-order valence-corrected chi connectivity index (χ4v) is 4.30. The predicted molar refractivity (Wildman–Crippen MR) is 134 cm³/mol. The van der Waals surface area contributed by atoms with E-state index >= 15 is 0 Å². The highest BCUT2D eigenvalue weighted by Gasteiger charge is 2.49. The van der Waals surface area contributed by atoms with Gasteiger partial charge in [-0.3, -0.25) is 0 Å². The normalized spacial score (nSPS) is 21.2. The Balaban J connectivity index is 1.40. The van der Waals surface area contributed by atoms with Crippen LogP contribution in [0.5, 0.6) is 0 Å². The standard InChI is InChI=1S/C28H27N3O6/c1-16-7-11-19(12-8-16)27(33)35-15-22-25(37-28(34)20-13-9-17(2)10-14-20)24(32)26(36-22)31-21-6-4-5-18(3)23(21)29-30-31/h4-14,22,24-26,32H,15H2,1-3H3/t22-,24-,25-,26-/m1/s1. The van der Waals surface area contributed by atoms with Gasteiger partial charge >= 0.3 is 11.9 Å². The average Bonchev–Trinajstić information content (AvgIpc) is 3.45. The molecule has 0 aliphatic carbocycles. The van der Waals surface area contributed by atoms with Gasteiger partial charge in [-0.2, -0.15) is 0 Å². The fourth-order valence-electron chi connectivity index (χ4n) is 4.30. The van der Waals surface area contributed by atoms with E-state index in [9.17, 15) is 14.7 Å². The number of hydrogen-bond acceptors (Lipinski definition) is 8. The fraction of sp³-hybridized carbons (Fsp3) is 0.286. The van der Waals surface area contributed by atoms with E-state index in [0.29, 0.717) is 22.2 Å². The Morgan fingerprint density at radius 3 is 2.19 bits per heavy atom. The minimum atomic E-state index is -1.29. The Kier molecular flexibility index (Phi) is 6.73. The first kappa shape index (κ1) is 24.6. The number of carbonyl (C=O) groups excluding carboxylic acids is 2. The number of nitrogens with zero attached hydrogens (tertiary/aromatic N) is 3. The number of aromatic nitrogens is 3. The van der Waals surface area contributed by atoms with Crippen molar-refractivity contribution in [2.75, 3.05) is 6.61 Å². The number of esters is 2. The molecule has 1 fully saturated rings. The summed E-state index contributed by atoms with van der Waals surface area (Å²) in [7, 11) is 0. The first-order chi connectivity index (χ1) is 17.8. The molecule has 9 heteroatoms. The summed E-state index contributed by atoms with van der Waals surface area (Å²) in [5.74, 6) is -1.17. The van der Waals surface area contributed by atoms with Crippen molar-refractivity contribution in [2.24, 2.45) is 0 Å². The zero-order chi connectivity index (χ0) is 26.1. The Morgan fingerprint density at radius 1 is 0.919 bits per heavy atom. The molecule has 0 radical (unpaired) electrons. The number of hydrogen-bond donors (Lipinski definition) is 1. The van der Waals surface area contributed by atoms with Gasteiger partial charge in [-0.15, -0.1) is 5.10 Å². The maximum Gasteiger partial charge on any atom is 0.338 e. The van der Waals surface area contributed by atoms with Crippen LogP contribution in [0.15, 0.2) is 66.7 Å². The molecule has 2 heterocycles. The van der Waals surface area contributed by atoms with Gasteiger partial charge < -0.3 is 19.3 Å². The molecule has 0 spiro atoms. The van der Waals surface area contributed by atoms with Crippen LogP contribution in [-0.2, 0) is 14.2 Å². The minimum Gasteiger partial charge on any atom is -0.459 e. The van der Waals surface area contributed by atoms with Crippen LogP contribution in [-0.4, -0.2) is 57.0 Å². The molecular formula is C28H27N3O6. The summed E-state index contributed by atoms with van der Waals surface area (Å²) in [6.07, 6.45) is -4.35. The molecule has 0 bridgehead atoms. The summed E-state index contributed by atoms with van der Waals surface area (Å²) < 4.78 is 18.8. The average molecular weight is 502 g/mol. The van der Waals surface area contributed by atoms with Crippen molar-refractivity contribution in [3.63, 3.8) is 0 Å². The van der Waals surface area contributed by atoms with Gasteiger partial charge in [-0.05, 0) is 56.7 Å². The van der Waals surface area contributed by atoms with Crippen molar-refractivity contribution >= 4 is 23.0 Å². The Bertz CT molecular complexity index is 1430. The number of aryl methyl sites for hydroxylation is 3. The van der Waals surface area contributed by atoms with Crippen LogP contribution >= 0.6 is 0 Å². The van der Waals surface area contributed by atoms with E-state index in [1.807, 2.05) is 51.1 Å². The summed E-state index contributed by atoms with van der Waals surface area (Å²) in [4.78, 5) is 25.5. The van der Waals surface area contributed by atoms with Crippen molar-refractivity contribution in [2.45, 2.75) is 45.3 Å². The van der Waals surface area contributed by atoms with Crippen LogP contribution in [0, 0.1) is 20.8 Å². The number of fused-ring (bicyclic) bond motifs is 1. The summed E-state index contributed by atoms with van der Waals surface area (Å²) in [5, 5.41) is 19.6. The summed E-state index contributed by atoms with van der Waals surface area (Å²) in [6, 6.07) is 19.4. The number of rotatable bonds is 6. The second kappa shape index (κ2) is 10.1. The van der Waals surface area contributed by atoms with Gasteiger partial charge in [-0.25, -0.2) is 14.3 Å². The molecule has 1 aliphatic rings. The van der Waals surface area contributed by atoms with Crippen molar-refractivity contribution in [1.29, 1.82) is 0 Å². The SMILES string of the molecule is Cc1ccc(C(=O)OC[C@H]2O[C@@H](n3nnc4c(C)cccc43)[C@H](O)[C@@H]2OC(=O)c2ccc(C)cc2)cc1. The largest absolute Gasteiger partial charge is 0.459 e. The molecule has 0 amide bonds. The van der Waals surface area contributed by atoms with E-state index in [0.717, 1.165) is 16.7 Å². The van der Waals surface area contributed by atoms with E-state index in [4.69, 9.17) is 14.2 Å². The number of ether oxygens (including phenoxy) is 3. The maximum absolute atomic E-state index is 12.9. The van der Waals surface area contributed by atoms with Crippen molar-refractivity contribution in [3.05, 3.63) is 94.5 Å². The zero-order valence-corrected chi connectivity index (χ0v) is 20.7. The van der Waals surface area contributed by atoms with Gasteiger partial charge in [0.05, 0.1) is 16.6 Å². The first-order valence-corrected chi connectivity index (χ1v) is 12.0. The van der Waals surface area contributed by atoms with Crippen LogP contribution in [0.1, 0.15) is 43.6 Å². The second-order valence-electron chi connectivity index (χ2n) is 9.23. The lowest BCUT2D eigenvalue weighted by Gasteiger charge is -2.20. The summed E-state index contributed by atoms with van der Waals surface area (Å²) >= 11 is 0. The second-order valence-corrected chi connectivity index (χ2v) is 9.23. The summed E-state index contributed by atoms with van der Waals surface area (Å²) in [6.45, 7) is 5.51. The van der Waals surface area contributed by atoms with Gasteiger partial charge in [0.15, 0.2) is 12.3 Å². The van der Waals surface area contributed by atoms with E-state index in [-0.39, 0.29) is 6.61 Å². The quantitative estimate of drug-likeness (QED) is 0.398. The number of carbonyl (C=O) groups is 2. The van der Waals surface area contributed by atoms with Gasteiger partial charge in [-0.1, -0.05) is 52.7 Å². The van der Waals surface area contributed by atoms with Crippen molar-refractivity contribution < 1.29 is 28.9 Å². The number of aliphatic hydroxyl groups excluding tert-OH is 1. The number of benzene rings is 3. The third kappa shape index (κ3) is 4.96. The van der Waals surface area contributed by atoms with E-state index in [1.54, 1.807) is 36.4 Å². The molecule has 5 rings (SSSR count). The molecule has 4 atom stereocenters. The first-order valence-electron chi connectivity index (χ1n) is 12.0. The Labute approximate surface area is 213 Å². The lowest BCUT2D eigenvalue weighted by molar-refractivity contribution is -0.0631. The molecule has 1 N–H and O–H groups in total. The van der Waals surface area contributed by atoms with Crippen LogP contribution in [0.3, 0.4) is 0 Å². The molecule has 190 valence electrons. The van der Waals surface area contributed by atoms with Gasteiger partial charge in [0.25, 0.3) is 0 Å². The minimum absolute atomic E-state index is 0.238. The van der Waals surface area contributed by atoms with Crippen molar-refractivity contribution in [3.8, 4) is 0 Å². The van der Waals surface area contributed by atoms with Gasteiger partial charge in [0, 0.05) is 0 Å².